The van der Waals surface area contributed by atoms with E-state index < -0.39 is 97.5 Å². The summed E-state index contributed by atoms with van der Waals surface area (Å²) in [6.45, 7) is 9.60. The number of carbonyl (C=O) groups excluding carboxylic acids is 4. The van der Waals surface area contributed by atoms with Gasteiger partial charge in [-0.2, -0.15) is 0 Å². The quantitative estimate of drug-likeness (QED) is 0.0222. The molecule has 0 bridgehead atoms. The molecule has 17 nitrogen and oxygen atoms in total. The van der Waals surface area contributed by atoms with Gasteiger partial charge in [-0.05, 0) is 37.5 Å². The number of hydrogen-bond acceptors (Lipinski definition) is 15. The zero-order valence-corrected chi connectivity index (χ0v) is 63.8. The zero-order valence-electron chi connectivity index (χ0n) is 62.0. The lowest BCUT2D eigenvalue weighted by atomic mass is 10.0. The van der Waals surface area contributed by atoms with E-state index in [9.17, 15) is 43.2 Å². The van der Waals surface area contributed by atoms with Crippen LogP contribution in [0.25, 0.3) is 0 Å². The summed E-state index contributed by atoms with van der Waals surface area (Å²) in [6.07, 6.45) is 55.7. The fourth-order valence-corrected chi connectivity index (χ4v) is 13.2. The van der Waals surface area contributed by atoms with Crippen LogP contribution in [-0.4, -0.2) is 96.7 Å². The Bertz CT molecular complexity index is 1840. The molecule has 0 aliphatic carbocycles. The number of rotatable bonds is 75. The van der Waals surface area contributed by atoms with Crippen molar-refractivity contribution in [2.75, 3.05) is 39.6 Å². The SMILES string of the molecule is CCCCCCCCCCCCCC(=O)O[C@H](COC(=O)CCCCCCCCC)COP(=O)(O)OC[C@H](O)COP(=O)(O)OC[C@@H](COC(=O)CCCCCCCCCCCCCCCC(C)C)OC(=O)CCCCCCCCCCCCCCCCCCCCC(C)C. The maximum absolute atomic E-state index is 13.1. The monoisotopic (exact) mass is 1400 g/mol. The van der Waals surface area contributed by atoms with Crippen molar-refractivity contribution in [2.45, 2.75) is 413 Å². The molecule has 19 heteroatoms. The van der Waals surface area contributed by atoms with Gasteiger partial charge in [0, 0.05) is 25.7 Å². The first kappa shape index (κ1) is 93.1. The Balaban J connectivity index is 5.16. The van der Waals surface area contributed by atoms with Gasteiger partial charge >= 0.3 is 39.5 Å². The highest BCUT2D eigenvalue weighted by Gasteiger charge is 2.30. The predicted molar refractivity (Wildman–Crippen MR) is 386 cm³/mol. The molecule has 564 valence electrons. The number of esters is 4. The molecule has 0 spiro atoms. The minimum absolute atomic E-state index is 0.107. The molecule has 3 N–H and O–H groups in total. The molecule has 0 amide bonds. The van der Waals surface area contributed by atoms with E-state index >= 15 is 0 Å². The van der Waals surface area contributed by atoms with Gasteiger partial charge in [0.25, 0.3) is 0 Å². The number of phosphoric acid groups is 2. The number of phosphoric ester groups is 2. The number of unbranched alkanes of at least 4 members (excludes halogenated alkanes) is 45. The Morgan fingerprint density at radius 2 is 0.484 bits per heavy atom. The highest BCUT2D eigenvalue weighted by atomic mass is 31.2. The zero-order chi connectivity index (χ0) is 70.0. The van der Waals surface area contributed by atoms with Crippen molar-refractivity contribution < 1.29 is 80.2 Å². The lowest BCUT2D eigenvalue weighted by Gasteiger charge is -2.21. The second-order valence-corrected chi connectivity index (χ2v) is 31.3. The molecule has 0 saturated carbocycles. The molecule has 0 rings (SSSR count). The van der Waals surface area contributed by atoms with Crippen molar-refractivity contribution in [3.8, 4) is 0 Å². The maximum Gasteiger partial charge on any atom is 0.472 e. The Morgan fingerprint density at radius 3 is 0.716 bits per heavy atom. The van der Waals surface area contributed by atoms with Crippen molar-refractivity contribution in [1.29, 1.82) is 0 Å². The third-order valence-electron chi connectivity index (χ3n) is 17.7. The average Bonchev–Trinajstić information content (AvgIpc) is 1.67. The Hall–Kier alpha value is -1.94. The summed E-state index contributed by atoms with van der Waals surface area (Å²) in [6, 6.07) is 0. The fourth-order valence-electron chi connectivity index (χ4n) is 11.7. The number of carbonyl (C=O) groups is 4. The number of ether oxygens (including phenoxy) is 4. The van der Waals surface area contributed by atoms with Crippen LogP contribution in [-0.2, 0) is 65.4 Å². The first-order valence-corrected chi connectivity index (χ1v) is 42.5. The van der Waals surface area contributed by atoms with Crippen molar-refractivity contribution in [3.05, 3.63) is 0 Å². The summed E-state index contributed by atoms with van der Waals surface area (Å²) in [5.74, 6) is -0.509. The molecule has 2 unspecified atom stereocenters. The molecule has 0 aromatic carbocycles. The van der Waals surface area contributed by atoms with Crippen LogP contribution >= 0.6 is 15.6 Å². The lowest BCUT2D eigenvalue weighted by Crippen LogP contribution is -2.30. The van der Waals surface area contributed by atoms with Crippen molar-refractivity contribution in [1.82, 2.24) is 0 Å². The predicted octanol–water partition coefficient (Wildman–Crippen LogP) is 22.3. The summed E-state index contributed by atoms with van der Waals surface area (Å²) in [5.41, 5.74) is 0. The number of hydrogen-bond donors (Lipinski definition) is 3. The summed E-state index contributed by atoms with van der Waals surface area (Å²) in [7, 11) is -9.90. The van der Waals surface area contributed by atoms with Crippen LogP contribution in [0.4, 0.5) is 0 Å². The topological polar surface area (TPSA) is 237 Å². The minimum Gasteiger partial charge on any atom is -0.462 e. The molecular weight excluding hydrogens is 1250 g/mol. The third kappa shape index (κ3) is 70.3. The van der Waals surface area contributed by atoms with Gasteiger partial charge in [-0.1, -0.05) is 343 Å². The van der Waals surface area contributed by atoms with Gasteiger partial charge in [-0.15, -0.1) is 0 Å². The molecule has 0 aromatic heterocycles. The number of aliphatic hydroxyl groups is 1. The maximum atomic E-state index is 13.1. The average molecular weight is 1400 g/mol. The smallest absolute Gasteiger partial charge is 0.462 e. The lowest BCUT2D eigenvalue weighted by molar-refractivity contribution is -0.161. The Kier molecular flexibility index (Phi) is 66.5. The molecule has 0 aromatic rings. The molecule has 0 aliphatic heterocycles. The Labute approximate surface area is 581 Å². The van der Waals surface area contributed by atoms with Gasteiger partial charge in [0.1, 0.15) is 19.3 Å². The van der Waals surface area contributed by atoms with E-state index in [1.54, 1.807) is 0 Å². The molecule has 0 radical (unpaired) electrons. The van der Waals surface area contributed by atoms with Crippen molar-refractivity contribution >= 4 is 39.5 Å². The highest BCUT2D eigenvalue weighted by molar-refractivity contribution is 7.47. The molecule has 95 heavy (non-hydrogen) atoms. The van der Waals surface area contributed by atoms with Gasteiger partial charge in [-0.3, -0.25) is 37.3 Å². The van der Waals surface area contributed by atoms with Crippen LogP contribution in [0.15, 0.2) is 0 Å². The summed E-state index contributed by atoms with van der Waals surface area (Å²) < 4.78 is 68.4. The molecule has 0 heterocycles. The minimum atomic E-state index is -4.96. The van der Waals surface area contributed by atoms with E-state index in [4.69, 9.17) is 37.0 Å². The molecule has 0 saturated heterocycles. The van der Waals surface area contributed by atoms with Crippen LogP contribution in [0.2, 0.25) is 0 Å². The van der Waals surface area contributed by atoms with E-state index in [0.29, 0.717) is 25.7 Å². The van der Waals surface area contributed by atoms with Crippen LogP contribution in [0.5, 0.6) is 0 Å². The molecule has 5 atom stereocenters. The summed E-state index contributed by atoms with van der Waals surface area (Å²) in [4.78, 5) is 72.6. The fraction of sp³-hybridized carbons (Fsp3) is 0.947. The first-order chi connectivity index (χ1) is 45.9. The summed E-state index contributed by atoms with van der Waals surface area (Å²) >= 11 is 0. The van der Waals surface area contributed by atoms with Crippen LogP contribution in [0.1, 0.15) is 395 Å². The van der Waals surface area contributed by atoms with E-state index in [1.807, 2.05) is 0 Å². The van der Waals surface area contributed by atoms with E-state index in [0.717, 1.165) is 115 Å². The Morgan fingerprint density at radius 1 is 0.284 bits per heavy atom. The molecule has 0 aliphatic rings. The van der Waals surface area contributed by atoms with E-state index in [-0.39, 0.29) is 25.7 Å². The highest BCUT2D eigenvalue weighted by Crippen LogP contribution is 2.45. The third-order valence-corrected chi connectivity index (χ3v) is 19.6. The second-order valence-electron chi connectivity index (χ2n) is 28.3. The van der Waals surface area contributed by atoms with Crippen molar-refractivity contribution in [3.63, 3.8) is 0 Å². The largest absolute Gasteiger partial charge is 0.472 e. The van der Waals surface area contributed by atoms with Crippen LogP contribution in [0, 0.1) is 11.8 Å². The number of aliphatic hydroxyl groups excluding tert-OH is 1. The van der Waals surface area contributed by atoms with Crippen LogP contribution < -0.4 is 0 Å². The second kappa shape index (κ2) is 67.9. The van der Waals surface area contributed by atoms with Gasteiger partial charge in [0.05, 0.1) is 26.4 Å². The van der Waals surface area contributed by atoms with Gasteiger partial charge in [-0.25, -0.2) is 9.13 Å². The van der Waals surface area contributed by atoms with E-state index in [1.165, 1.54) is 199 Å². The van der Waals surface area contributed by atoms with Crippen molar-refractivity contribution in [2.24, 2.45) is 11.8 Å². The van der Waals surface area contributed by atoms with Gasteiger partial charge in [0.15, 0.2) is 12.2 Å². The molecule has 0 fully saturated rings. The van der Waals surface area contributed by atoms with Gasteiger partial charge in [0.2, 0.25) is 0 Å². The molecular formula is C76H148O17P2. The standard InChI is InChI=1S/C76H148O17P2/c1-7-9-11-13-15-16-28-36-42-48-54-60-75(80)92-71(64-86-73(78)58-52-46-38-14-12-10-8-2)66-90-94(82,83)88-62-70(77)63-89-95(84,85)91-67-72(65-87-74(79)59-53-47-41-35-31-27-23-25-30-34-40-45-51-57-69(5)6)93-76(81)61-55-49-43-37-32-26-22-20-18-17-19-21-24-29-33-39-44-50-56-68(3)4/h68-72,77H,7-67H2,1-6H3,(H,82,83)(H,84,85)/t70-,71+,72+/m0/s1. The normalized spacial score (nSPS) is 14.0. The van der Waals surface area contributed by atoms with Gasteiger partial charge < -0.3 is 33.8 Å². The first-order valence-electron chi connectivity index (χ1n) is 39.5. The van der Waals surface area contributed by atoms with Crippen LogP contribution in [0.3, 0.4) is 0 Å². The van der Waals surface area contributed by atoms with E-state index in [2.05, 4.69) is 41.5 Å². The summed E-state index contributed by atoms with van der Waals surface area (Å²) in [5, 5.41) is 10.6.